The number of aromatic nitrogens is 6. The minimum atomic E-state index is -0.223. The molecule has 0 aliphatic carbocycles. The number of hydrogen-bond donors (Lipinski definition) is 0. The highest BCUT2D eigenvalue weighted by Crippen LogP contribution is 2.27. The minimum absolute atomic E-state index is 0.223. The molecule has 0 saturated carbocycles. The Kier molecular flexibility index (Phi) is 4.21. The number of para-hydroxylation sites is 1. The predicted octanol–water partition coefficient (Wildman–Crippen LogP) is 3.21. The van der Waals surface area contributed by atoms with Gasteiger partial charge in [0.05, 0.1) is 41.3 Å². The molecule has 0 radical (unpaired) electrons. The second-order valence-corrected chi connectivity index (χ2v) is 7.39. The second kappa shape index (κ2) is 7.35. The van der Waals surface area contributed by atoms with Gasteiger partial charge in [0.2, 0.25) is 0 Å². The van der Waals surface area contributed by atoms with E-state index in [4.69, 9.17) is 9.84 Å². The molecule has 1 aliphatic rings. The summed E-state index contributed by atoms with van der Waals surface area (Å²) in [5, 5.41) is 13.5. The van der Waals surface area contributed by atoms with Crippen molar-refractivity contribution in [1.29, 1.82) is 0 Å². The molecule has 0 bridgehead atoms. The van der Waals surface area contributed by atoms with E-state index in [1.165, 1.54) is 0 Å². The zero-order chi connectivity index (χ0) is 21.5. The first-order valence-corrected chi connectivity index (χ1v) is 10.3. The highest BCUT2D eigenvalue weighted by atomic mass is 16.5. The molecule has 0 fully saturated rings. The lowest BCUT2D eigenvalue weighted by Gasteiger charge is -2.14. The van der Waals surface area contributed by atoms with Crippen molar-refractivity contribution in [1.82, 2.24) is 29.3 Å². The van der Waals surface area contributed by atoms with Gasteiger partial charge in [0.25, 0.3) is 5.43 Å². The maximum Gasteiger partial charge on any atom is 0.251 e. The third kappa shape index (κ3) is 2.92. The van der Waals surface area contributed by atoms with E-state index in [2.05, 4.69) is 10.2 Å². The Balaban J connectivity index is 1.51. The topological polar surface area (TPSA) is 79.8 Å². The highest BCUT2D eigenvalue weighted by Gasteiger charge is 2.26. The number of ether oxygens (including phenoxy) is 1. The summed E-state index contributed by atoms with van der Waals surface area (Å²) >= 11 is 0. The molecule has 2 aromatic carbocycles. The van der Waals surface area contributed by atoms with Gasteiger partial charge in [-0.1, -0.05) is 18.2 Å². The van der Waals surface area contributed by atoms with Crippen LogP contribution in [-0.2, 0) is 6.42 Å². The molecule has 0 atom stereocenters. The lowest BCUT2D eigenvalue weighted by atomic mass is 10.2. The number of hydrogen-bond acceptors (Lipinski definition) is 5. The van der Waals surface area contributed by atoms with Gasteiger partial charge in [-0.3, -0.25) is 4.79 Å². The van der Waals surface area contributed by atoms with Crippen molar-refractivity contribution < 1.29 is 4.74 Å². The Morgan fingerprint density at radius 2 is 1.56 bits per heavy atom. The molecule has 0 N–H and O–H groups in total. The number of benzene rings is 2. The van der Waals surface area contributed by atoms with Crippen LogP contribution >= 0.6 is 0 Å². The van der Waals surface area contributed by atoms with Gasteiger partial charge in [-0.05, 0) is 48.5 Å². The number of fused-ring (bicyclic) bond motifs is 1. The largest absolute Gasteiger partial charge is 0.487 e. The fraction of sp³-hybridized carbons (Fsp3) is 0.0833. The van der Waals surface area contributed by atoms with E-state index in [0.717, 1.165) is 22.8 Å². The third-order valence-electron chi connectivity index (χ3n) is 5.47. The van der Waals surface area contributed by atoms with Crippen molar-refractivity contribution >= 4 is 0 Å². The monoisotopic (exact) mass is 422 g/mol. The standard InChI is InChI=1S/C24H18N6O2/c31-23-22(20-11-14-26-29(20)18-5-2-1-3-6-18)27-30(21-12-16-32-24(21)23)19-9-7-17(8-10-19)28-15-4-13-25-28/h1-11,13-15H,12,16H2. The maximum atomic E-state index is 13.3. The maximum absolute atomic E-state index is 13.3. The Labute approximate surface area is 182 Å². The zero-order valence-electron chi connectivity index (χ0n) is 17.0. The van der Waals surface area contributed by atoms with Gasteiger partial charge >= 0.3 is 0 Å². The van der Waals surface area contributed by atoms with Crippen molar-refractivity contribution in [3.63, 3.8) is 0 Å². The van der Waals surface area contributed by atoms with Crippen molar-refractivity contribution in [3.05, 3.63) is 101 Å². The van der Waals surface area contributed by atoms with Crippen LogP contribution in [-0.4, -0.2) is 35.9 Å². The molecule has 156 valence electrons. The lowest BCUT2D eigenvalue weighted by Crippen LogP contribution is -2.19. The average molecular weight is 422 g/mol. The Bertz CT molecular complexity index is 1450. The van der Waals surface area contributed by atoms with E-state index in [0.29, 0.717) is 30.2 Å². The SMILES string of the molecule is O=c1c(-c2ccnn2-c2ccccc2)nn(-c2ccc(-n3cccn3)cc2)c2c1OCC2. The van der Waals surface area contributed by atoms with Crippen molar-refractivity contribution in [3.8, 4) is 34.2 Å². The van der Waals surface area contributed by atoms with Crippen molar-refractivity contribution in [2.45, 2.75) is 6.42 Å². The van der Waals surface area contributed by atoms with Crippen LogP contribution in [0.5, 0.6) is 5.75 Å². The summed E-state index contributed by atoms with van der Waals surface area (Å²) in [5.41, 5.74) is 4.09. The average Bonchev–Trinajstić information content (AvgIpc) is 3.62. The van der Waals surface area contributed by atoms with Gasteiger partial charge in [0, 0.05) is 18.8 Å². The van der Waals surface area contributed by atoms with Gasteiger partial charge in [-0.15, -0.1) is 0 Å². The molecule has 1 aliphatic heterocycles. The van der Waals surface area contributed by atoms with Crippen LogP contribution in [0.25, 0.3) is 28.5 Å². The highest BCUT2D eigenvalue weighted by molar-refractivity contribution is 5.60. The van der Waals surface area contributed by atoms with E-state index in [9.17, 15) is 4.79 Å². The normalized spacial score (nSPS) is 12.5. The quantitative estimate of drug-likeness (QED) is 0.444. The molecular weight excluding hydrogens is 404 g/mol. The Hall–Kier alpha value is -4.46. The van der Waals surface area contributed by atoms with E-state index >= 15 is 0 Å². The first-order valence-electron chi connectivity index (χ1n) is 10.3. The van der Waals surface area contributed by atoms with Crippen molar-refractivity contribution in [2.75, 3.05) is 6.61 Å². The molecule has 0 spiro atoms. The summed E-state index contributed by atoms with van der Waals surface area (Å²) in [6.45, 7) is 0.457. The van der Waals surface area contributed by atoms with Crippen LogP contribution in [0.4, 0.5) is 0 Å². The van der Waals surface area contributed by atoms with Gasteiger partial charge in [-0.25, -0.2) is 14.0 Å². The van der Waals surface area contributed by atoms with Crippen LogP contribution in [0.3, 0.4) is 0 Å². The predicted molar refractivity (Wildman–Crippen MR) is 119 cm³/mol. The lowest BCUT2D eigenvalue weighted by molar-refractivity contribution is 0.354. The molecule has 5 aromatic rings. The molecule has 3 aromatic heterocycles. The van der Waals surface area contributed by atoms with Gasteiger partial charge in [0.15, 0.2) is 11.4 Å². The smallest absolute Gasteiger partial charge is 0.251 e. The molecule has 0 unspecified atom stereocenters. The second-order valence-electron chi connectivity index (χ2n) is 7.39. The van der Waals surface area contributed by atoms with E-state index < -0.39 is 0 Å². The summed E-state index contributed by atoms with van der Waals surface area (Å²) in [5.74, 6) is 0.354. The molecule has 32 heavy (non-hydrogen) atoms. The van der Waals surface area contributed by atoms with Crippen LogP contribution in [0.15, 0.2) is 90.1 Å². The van der Waals surface area contributed by atoms with Crippen LogP contribution in [0.1, 0.15) is 5.69 Å². The summed E-state index contributed by atoms with van der Waals surface area (Å²) in [6, 6.07) is 21.2. The minimum Gasteiger partial charge on any atom is -0.487 e. The number of rotatable bonds is 4. The van der Waals surface area contributed by atoms with Crippen LogP contribution in [0.2, 0.25) is 0 Å². The summed E-state index contributed by atoms with van der Waals surface area (Å²) < 4.78 is 11.1. The van der Waals surface area contributed by atoms with Gasteiger partial charge in [0.1, 0.15) is 0 Å². The van der Waals surface area contributed by atoms with E-state index in [1.54, 1.807) is 32.5 Å². The fourth-order valence-electron chi connectivity index (χ4n) is 3.97. The Morgan fingerprint density at radius 1 is 0.781 bits per heavy atom. The first-order chi connectivity index (χ1) is 15.8. The molecule has 4 heterocycles. The fourth-order valence-corrected chi connectivity index (χ4v) is 3.97. The van der Waals surface area contributed by atoms with E-state index in [1.807, 2.05) is 66.9 Å². The van der Waals surface area contributed by atoms with Gasteiger partial charge in [-0.2, -0.15) is 15.3 Å². The van der Waals surface area contributed by atoms with Crippen molar-refractivity contribution in [2.24, 2.45) is 0 Å². The summed E-state index contributed by atoms with van der Waals surface area (Å²) in [4.78, 5) is 13.3. The molecule has 0 amide bonds. The van der Waals surface area contributed by atoms with Crippen LogP contribution in [0, 0.1) is 0 Å². The van der Waals surface area contributed by atoms with Crippen LogP contribution < -0.4 is 10.2 Å². The molecule has 8 nitrogen and oxygen atoms in total. The molecule has 8 heteroatoms. The zero-order valence-corrected chi connectivity index (χ0v) is 17.0. The molecular formula is C24H18N6O2. The van der Waals surface area contributed by atoms with Gasteiger partial charge < -0.3 is 4.74 Å². The first kappa shape index (κ1) is 18.3. The summed E-state index contributed by atoms with van der Waals surface area (Å²) in [7, 11) is 0. The number of nitrogens with zero attached hydrogens (tertiary/aromatic N) is 6. The van der Waals surface area contributed by atoms with E-state index in [-0.39, 0.29) is 5.43 Å². The summed E-state index contributed by atoms with van der Waals surface area (Å²) in [6.07, 6.45) is 5.92. The third-order valence-corrected chi connectivity index (χ3v) is 5.47. The Morgan fingerprint density at radius 3 is 2.34 bits per heavy atom. The molecule has 6 rings (SSSR count). The molecule has 0 saturated heterocycles.